The van der Waals surface area contributed by atoms with Gasteiger partial charge in [0.25, 0.3) is 0 Å². The highest BCUT2D eigenvalue weighted by atomic mass is 15.4. The van der Waals surface area contributed by atoms with Gasteiger partial charge in [-0.3, -0.25) is 0 Å². The molecule has 25 heavy (non-hydrogen) atoms. The Morgan fingerprint density at radius 3 is 2.56 bits per heavy atom. The zero-order valence-electron chi connectivity index (χ0n) is 16.1. The highest BCUT2D eigenvalue weighted by molar-refractivity contribution is 5.99. The van der Waals surface area contributed by atoms with Crippen molar-refractivity contribution in [1.82, 2.24) is 9.97 Å². The maximum Gasteiger partial charge on any atom is 0.243 e. The minimum absolute atomic E-state index is 0.584. The molecule has 0 aliphatic carbocycles. The van der Waals surface area contributed by atoms with Crippen LogP contribution in [0.5, 0.6) is 0 Å². The van der Waals surface area contributed by atoms with Crippen molar-refractivity contribution >= 4 is 11.7 Å². The Morgan fingerprint density at radius 2 is 1.88 bits per heavy atom. The largest absolute Gasteiger partial charge is 0.245 e. The number of anilines is 1. The van der Waals surface area contributed by atoms with Gasteiger partial charge < -0.3 is 0 Å². The average molecular weight is 338 g/mol. The number of aromatic nitrogens is 2. The smallest absolute Gasteiger partial charge is 0.243 e. The first-order chi connectivity index (χ1) is 12.0. The van der Waals surface area contributed by atoms with Crippen LogP contribution in [0.4, 0.5) is 5.95 Å². The fraction of sp³-hybridized carbons (Fsp3) is 0.476. The second-order valence-electron chi connectivity index (χ2n) is 6.89. The summed E-state index contributed by atoms with van der Waals surface area (Å²) in [5, 5.41) is 4.50. The summed E-state index contributed by atoms with van der Waals surface area (Å²) in [4.78, 5) is 9.09. The second-order valence-corrected chi connectivity index (χ2v) is 6.89. The van der Waals surface area contributed by atoms with Crippen LogP contribution in [-0.2, 0) is 19.3 Å². The van der Waals surface area contributed by atoms with Gasteiger partial charge in [-0.25, -0.2) is 15.4 Å². The molecule has 0 amide bonds. The third-order valence-electron chi connectivity index (χ3n) is 4.01. The van der Waals surface area contributed by atoms with E-state index in [1.54, 1.807) is 0 Å². The van der Waals surface area contributed by atoms with Gasteiger partial charge >= 0.3 is 0 Å². The molecule has 0 spiro atoms. The van der Waals surface area contributed by atoms with Crippen molar-refractivity contribution in [2.24, 2.45) is 11.0 Å². The standard InChI is InChI=1S/C21H30N4/c1-6-9-20-14-19(7-2)22-21(23-20)25-24-16(5)18-11-8-10-17(13-18)12-15(3)4/h8,10-11,13-15H,6-7,9,12H2,1-5H3,(H,22,23,25). The second kappa shape index (κ2) is 9.30. The van der Waals surface area contributed by atoms with Crippen LogP contribution in [0.2, 0.25) is 0 Å². The Hall–Kier alpha value is -2.23. The molecule has 1 aromatic carbocycles. The molecule has 0 bridgehead atoms. The van der Waals surface area contributed by atoms with Crippen LogP contribution in [0, 0.1) is 5.92 Å². The van der Waals surface area contributed by atoms with E-state index in [1.807, 2.05) is 6.92 Å². The Labute approximate surface area is 151 Å². The summed E-state index contributed by atoms with van der Waals surface area (Å²) in [6.45, 7) is 10.8. The quantitative estimate of drug-likeness (QED) is 0.543. The lowest BCUT2D eigenvalue weighted by Gasteiger charge is -2.09. The number of hydrogen-bond donors (Lipinski definition) is 1. The van der Waals surface area contributed by atoms with E-state index in [4.69, 9.17) is 0 Å². The Balaban J connectivity index is 2.16. The van der Waals surface area contributed by atoms with Crippen LogP contribution in [0.3, 0.4) is 0 Å². The van der Waals surface area contributed by atoms with Crippen molar-refractivity contribution in [3.63, 3.8) is 0 Å². The molecule has 134 valence electrons. The van der Waals surface area contributed by atoms with Crippen LogP contribution in [0.25, 0.3) is 0 Å². The number of hydrazone groups is 1. The fourth-order valence-corrected chi connectivity index (χ4v) is 2.76. The van der Waals surface area contributed by atoms with Crippen LogP contribution in [0.1, 0.15) is 63.6 Å². The molecule has 2 aromatic rings. The molecule has 1 N–H and O–H groups in total. The monoisotopic (exact) mass is 338 g/mol. The van der Waals surface area contributed by atoms with Crippen molar-refractivity contribution in [2.75, 3.05) is 5.43 Å². The van der Waals surface area contributed by atoms with Gasteiger partial charge in [0.1, 0.15) is 0 Å². The molecule has 0 saturated heterocycles. The molecule has 0 fully saturated rings. The summed E-state index contributed by atoms with van der Waals surface area (Å²) in [7, 11) is 0. The molecular weight excluding hydrogens is 308 g/mol. The highest BCUT2D eigenvalue weighted by Gasteiger charge is 2.05. The normalized spacial score (nSPS) is 11.8. The fourth-order valence-electron chi connectivity index (χ4n) is 2.76. The Bertz CT molecular complexity index is 720. The maximum atomic E-state index is 4.56. The summed E-state index contributed by atoms with van der Waals surface area (Å²) in [5.74, 6) is 1.23. The third kappa shape index (κ3) is 5.96. The average Bonchev–Trinajstić information content (AvgIpc) is 2.59. The van der Waals surface area contributed by atoms with Gasteiger partial charge in [-0.2, -0.15) is 5.10 Å². The van der Waals surface area contributed by atoms with E-state index in [-0.39, 0.29) is 0 Å². The Kier molecular flexibility index (Phi) is 7.11. The van der Waals surface area contributed by atoms with Crippen LogP contribution >= 0.6 is 0 Å². The van der Waals surface area contributed by atoms with Crippen molar-refractivity contribution in [2.45, 2.75) is 60.3 Å². The maximum absolute atomic E-state index is 4.56. The van der Waals surface area contributed by atoms with Gasteiger partial charge in [0.05, 0.1) is 5.71 Å². The van der Waals surface area contributed by atoms with E-state index in [0.717, 1.165) is 48.3 Å². The van der Waals surface area contributed by atoms with E-state index in [1.165, 1.54) is 5.56 Å². The summed E-state index contributed by atoms with van der Waals surface area (Å²) in [5.41, 5.74) is 8.58. The lowest BCUT2D eigenvalue weighted by atomic mass is 10.00. The number of aryl methyl sites for hydroxylation is 2. The van der Waals surface area contributed by atoms with E-state index in [0.29, 0.717) is 11.9 Å². The predicted octanol–water partition coefficient (Wildman–Crippen LogP) is 5.03. The minimum atomic E-state index is 0.584. The van der Waals surface area contributed by atoms with Gasteiger partial charge in [0.15, 0.2) is 0 Å². The Morgan fingerprint density at radius 1 is 1.12 bits per heavy atom. The highest BCUT2D eigenvalue weighted by Crippen LogP contribution is 2.12. The van der Waals surface area contributed by atoms with Crippen LogP contribution < -0.4 is 5.43 Å². The zero-order valence-corrected chi connectivity index (χ0v) is 16.1. The topological polar surface area (TPSA) is 50.2 Å². The zero-order chi connectivity index (χ0) is 18.2. The van der Waals surface area contributed by atoms with Crippen molar-refractivity contribution in [1.29, 1.82) is 0 Å². The molecule has 0 radical (unpaired) electrons. The molecule has 1 aromatic heterocycles. The minimum Gasteiger partial charge on any atom is -0.245 e. The van der Waals surface area contributed by atoms with Gasteiger partial charge in [-0.1, -0.05) is 52.3 Å². The van der Waals surface area contributed by atoms with E-state index < -0.39 is 0 Å². The lowest BCUT2D eigenvalue weighted by molar-refractivity contribution is 0.647. The molecule has 4 heteroatoms. The molecule has 0 atom stereocenters. The van der Waals surface area contributed by atoms with Gasteiger partial charge in [-0.05, 0) is 55.4 Å². The summed E-state index contributed by atoms with van der Waals surface area (Å²) < 4.78 is 0. The SMILES string of the molecule is CCCc1cc(CC)nc(NN=C(C)c2cccc(CC(C)C)c2)n1. The van der Waals surface area contributed by atoms with Gasteiger partial charge in [0.2, 0.25) is 5.95 Å². The molecule has 1 heterocycles. The van der Waals surface area contributed by atoms with E-state index in [9.17, 15) is 0 Å². The molecule has 0 saturated carbocycles. The molecule has 2 rings (SSSR count). The van der Waals surface area contributed by atoms with Crippen molar-refractivity contribution in [3.05, 3.63) is 52.8 Å². The number of benzene rings is 1. The van der Waals surface area contributed by atoms with Gasteiger partial charge in [-0.15, -0.1) is 0 Å². The van der Waals surface area contributed by atoms with Crippen molar-refractivity contribution < 1.29 is 0 Å². The molecular formula is C21H30N4. The summed E-state index contributed by atoms with van der Waals surface area (Å²) in [6.07, 6.45) is 4.01. The van der Waals surface area contributed by atoms with Gasteiger partial charge in [0, 0.05) is 11.4 Å². The molecule has 4 nitrogen and oxygen atoms in total. The molecule has 0 unspecified atom stereocenters. The first-order valence-electron chi connectivity index (χ1n) is 9.28. The number of hydrogen-bond acceptors (Lipinski definition) is 4. The third-order valence-corrected chi connectivity index (χ3v) is 4.01. The van der Waals surface area contributed by atoms with E-state index in [2.05, 4.69) is 78.5 Å². The van der Waals surface area contributed by atoms with Crippen molar-refractivity contribution in [3.8, 4) is 0 Å². The first-order valence-corrected chi connectivity index (χ1v) is 9.28. The van der Waals surface area contributed by atoms with Crippen LogP contribution in [0.15, 0.2) is 35.4 Å². The van der Waals surface area contributed by atoms with E-state index >= 15 is 0 Å². The summed E-state index contributed by atoms with van der Waals surface area (Å²) >= 11 is 0. The molecule has 0 aliphatic heterocycles. The summed E-state index contributed by atoms with van der Waals surface area (Å²) in [6, 6.07) is 10.7. The number of nitrogens with one attached hydrogen (secondary N) is 1. The lowest BCUT2D eigenvalue weighted by Crippen LogP contribution is -2.06. The predicted molar refractivity (Wildman–Crippen MR) is 106 cm³/mol. The van der Waals surface area contributed by atoms with Crippen LogP contribution in [-0.4, -0.2) is 15.7 Å². The first kappa shape index (κ1) is 19.1. The molecule has 0 aliphatic rings. The number of rotatable bonds is 8. The number of nitrogens with zero attached hydrogens (tertiary/aromatic N) is 3.